The predicted octanol–water partition coefficient (Wildman–Crippen LogP) is 4.35. The Labute approximate surface area is 226 Å². The number of aliphatic hydroxyl groups excluding tert-OH is 1. The number of benzene rings is 1. The lowest BCUT2D eigenvalue weighted by molar-refractivity contribution is -0.136. The molecule has 0 radical (unpaired) electrons. The van der Waals surface area contributed by atoms with Crippen LogP contribution in [-0.4, -0.2) is 61.0 Å². The van der Waals surface area contributed by atoms with E-state index < -0.39 is 0 Å². The smallest absolute Gasteiger partial charge is 0.246 e. The van der Waals surface area contributed by atoms with Gasteiger partial charge in [-0.1, -0.05) is 52.0 Å². The Kier molecular flexibility index (Phi) is 12.6. The summed E-state index contributed by atoms with van der Waals surface area (Å²) in [6.07, 6.45) is 11.5. The van der Waals surface area contributed by atoms with Crippen LogP contribution in [0, 0.1) is 12.8 Å². The highest BCUT2D eigenvalue weighted by Gasteiger charge is 2.33. The van der Waals surface area contributed by atoms with E-state index in [1.807, 2.05) is 60.7 Å². The van der Waals surface area contributed by atoms with E-state index in [1.54, 1.807) is 24.9 Å². The van der Waals surface area contributed by atoms with Gasteiger partial charge in [0.25, 0.3) is 0 Å². The van der Waals surface area contributed by atoms with Crippen molar-refractivity contribution in [1.29, 1.82) is 0 Å². The maximum Gasteiger partial charge on any atom is 0.246 e. The van der Waals surface area contributed by atoms with Gasteiger partial charge in [-0.25, -0.2) is 4.98 Å². The van der Waals surface area contributed by atoms with Crippen LogP contribution >= 0.6 is 0 Å². The minimum Gasteiger partial charge on any atom is -0.394 e. The molecule has 0 bridgehead atoms. The molecule has 9 nitrogen and oxygen atoms in total. The minimum absolute atomic E-state index is 0.119. The molecule has 206 valence electrons. The third kappa shape index (κ3) is 8.21. The number of nitrogens with one attached hydrogen (secondary N) is 1. The molecule has 2 aromatic heterocycles. The van der Waals surface area contributed by atoms with Gasteiger partial charge in [-0.05, 0) is 38.2 Å². The fraction of sp³-hybridized carbons (Fsp3) is 0.483. The summed E-state index contributed by atoms with van der Waals surface area (Å²) in [6, 6.07) is 7.35. The number of aromatic nitrogens is 4. The van der Waals surface area contributed by atoms with Crippen LogP contribution in [0.5, 0.6) is 0 Å². The zero-order valence-corrected chi connectivity index (χ0v) is 23.4. The fourth-order valence-corrected chi connectivity index (χ4v) is 4.45. The van der Waals surface area contributed by atoms with Crippen LogP contribution in [0.4, 0.5) is 0 Å². The van der Waals surface area contributed by atoms with Crippen LogP contribution in [0.1, 0.15) is 70.8 Å². The molecule has 0 spiro atoms. The molecular weight excluding hydrogens is 480 g/mol. The third-order valence-corrected chi connectivity index (χ3v) is 6.40. The maximum absolute atomic E-state index is 12.7. The van der Waals surface area contributed by atoms with E-state index in [9.17, 15) is 9.59 Å². The fourth-order valence-electron chi connectivity index (χ4n) is 4.45. The number of likely N-dealkylation sites (tertiary alicyclic amines) is 1. The number of hydrogen-bond acceptors (Lipinski definition) is 6. The molecule has 0 aliphatic carbocycles. The first kappa shape index (κ1) is 30.6. The Morgan fingerprint density at radius 1 is 1.18 bits per heavy atom. The summed E-state index contributed by atoms with van der Waals surface area (Å²) in [5, 5.41) is 11.7. The number of hydrogen-bond donors (Lipinski definition) is 2. The van der Waals surface area contributed by atoms with Gasteiger partial charge in [-0.3, -0.25) is 19.6 Å². The van der Waals surface area contributed by atoms with Crippen molar-refractivity contribution in [2.75, 3.05) is 13.2 Å². The zero-order chi connectivity index (χ0) is 28.1. The van der Waals surface area contributed by atoms with Gasteiger partial charge in [0.15, 0.2) is 0 Å². The third-order valence-electron chi connectivity index (χ3n) is 6.40. The summed E-state index contributed by atoms with van der Waals surface area (Å²) in [5.74, 6) is 0.520. The van der Waals surface area contributed by atoms with Crippen molar-refractivity contribution in [3.63, 3.8) is 0 Å². The summed E-state index contributed by atoms with van der Waals surface area (Å²) >= 11 is 0. The molecule has 4 rings (SSSR count). The van der Waals surface area contributed by atoms with Crippen molar-refractivity contribution < 1.29 is 14.7 Å². The molecule has 3 heterocycles. The highest BCUT2D eigenvalue weighted by atomic mass is 16.3. The van der Waals surface area contributed by atoms with Gasteiger partial charge in [-0.2, -0.15) is 0 Å². The number of amides is 2. The van der Waals surface area contributed by atoms with Crippen LogP contribution in [0.15, 0.2) is 55.4 Å². The highest BCUT2D eigenvalue weighted by molar-refractivity contribution is 5.81. The van der Waals surface area contributed by atoms with Gasteiger partial charge in [0.1, 0.15) is 6.04 Å². The molecule has 1 aliphatic heterocycles. The molecule has 1 aromatic carbocycles. The van der Waals surface area contributed by atoms with Crippen molar-refractivity contribution in [2.45, 2.75) is 72.5 Å². The lowest BCUT2D eigenvalue weighted by atomic mass is 10.0. The number of rotatable bonds is 8. The van der Waals surface area contributed by atoms with E-state index in [4.69, 9.17) is 5.11 Å². The van der Waals surface area contributed by atoms with E-state index in [0.29, 0.717) is 12.5 Å². The first-order valence-electron chi connectivity index (χ1n) is 13.3. The minimum atomic E-state index is -0.376. The molecule has 1 saturated heterocycles. The van der Waals surface area contributed by atoms with E-state index in [-0.39, 0.29) is 30.5 Å². The largest absolute Gasteiger partial charge is 0.394 e. The van der Waals surface area contributed by atoms with Crippen LogP contribution < -0.4 is 5.32 Å². The second-order valence-electron chi connectivity index (χ2n) is 9.41. The molecule has 2 N–H and O–H groups in total. The lowest BCUT2D eigenvalue weighted by Crippen LogP contribution is -2.40. The average Bonchev–Trinajstić information content (AvgIpc) is 3.57. The first-order valence-corrected chi connectivity index (χ1v) is 13.3. The number of aliphatic hydroxyl groups is 1. The van der Waals surface area contributed by atoms with E-state index >= 15 is 0 Å². The number of imidazole rings is 1. The van der Waals surface area contributed by atoms with Crippen LogP contribution in [-0.2, 0) is 9.59 Å². The quantitative estimate of drug-likeness (QED) is 0.425. The Morgan fingerprint density at radius 2 is 1.89 bits per heavy atom. The zero-order valence-electron chi connectivity index (χ0n) is 23.4. The van der Waals surface area contributed by atoms with E-state index in [0.717, 1.165) is 41.9 Å². The van der Waals surface area contributed by atoms with Crippen LogP contribution in [0.25, 0.3) is 11.3 Å². The van der Waals surface area contributed by atoms with E-state index in [2.05, 4.69) is 41.0 Å². The standard InChI is InChI=1S/C14H23N3O.C13H13N3O2.C2H6/c1-10(2)13(16-8-11(3)15-9-16)14(18)17-7-5-6-12(17)4;17-8-13(16-9-18)11-3-1-10(2-4-11)12-7-14-5-6-15-12;1-2/h8-10,12-13H,5-7H2,1-4H3;1-7,9,13,17H,8H2,(H,16,18);1-2H3. The van der Waals surface area contributed by atoms with Gasteiger partial charge in [0, 0.05) is 36.7 Å². The predicted molar refractivity (Wildman–Crippen MR) is 149 cm³/mol. The van der Waals surface area contributed by atoms with Crippen molar-refractivity contribution in [1.82, 2.24) is 29.7 Å². The monoisotopic (exact) mass is 522 g/mol. The molecular formula is C29H42N6O3. The summed E-state index contributed by atoms with van der Waals surface area (Å²) in [6.45, 7) is 13.1. The van der Waals surface area contributed by atoms with Crippen LogP contribution in [0.2, 0.25) is 0 Å². The Morgan fingerprint density at radius 3 is 2.37 bits per heavy atom. The normalized spacial score (nSPS) is 16.0. The first-order chi connectivity index (χ1) is 18.3. The maximum atomic E-state index is 12.7. The molecule has 1 aliphatic rings. The van der Waals surface area contributed by atoms with Crippen molar-refractivity contribution >= 4 is 12.3 Å². The molecule has 3 aromatic rings. The summed E-state index contributed by atoms with van der Waals surface area (Å²) < 4.78 is 1.97. The Balaban J connectivity index is 0.000000251. The number of carbonyl (C=O) groups excluding carboxylic acids is 2. The molecule has 3 atom stereocenters. The topological polar surface area (TPSA) is 113 Å². The highest BCUT2D eigenvalue weighted by Crippen LogP contribution is 2.26. The van der Waals surface area contributed by atoms with E-state index in [1.165, 1.54) is 0 Å². The lowest BCUT2D eigenvalue weighted by Gasteiger charge is -2.29. The van der Waals surface area contributed by atoms with Gasteiger partial charge >= 0.3 is 0 Å². The number of nitrogens with zero attached hydrogens (tertiary/aromatic N) is 5. The Hall–Kier alpha value is -3.59. The summed E-state index contributed by atoms with van der Waals surface area (Å²) in [4.78, 5) is 37.5. The molecule has 0 saturated carbocycles. The van der Waals surface area contributed by atoms with Crippen LogP contribution in [0.3, 0.4) is 0 Å². The molecule has 1 fully saturated rings. The second-order valence-corrected chi connectivity index (χ2v) is 9.41. The molecule has 3 unspecified atom stereocenters. The number of carbonyl (C=O) groups is 2. The molecule has 38 heavy (non-hydrogen) atoms. The van der Waals surface area contributed by atoms with Gasteiger partial charge in [0.2, 0.25) is 12.3 Å². The van der Waals surface area contributed by atoms with Gasteiger partial charge in [0.05, 0.1) is 36.6 Å². The molecule has 9 heteroatoms. The van der Waals surface area contributed by atoms with Crippen molar-refractivity contribution in [2.24, 2.45) is 5.92 Å². The summed E-state index contributed by atoms with van der Waals surface area (Å²) in [7, 11) is 0. The Bertz CT molecular complexity index is 1100. The summed E-state index contributed by atoms with van der Waals surface area (Å²) in [5.41, 5.74) is 3.53. The SMILES string of the molecule is CC.Cc1cn(C(C(=O)N2CCCC2C)C(C)C)cn1.O=CNC(CO)c1ccc(-c2cnccn2)cc1. The number of aryl methyl sites for hydroxylation is 1. The molecule has 2 amide bonds. The van der Waals surface area contributed by atoms with Gasteiger partial charge in [-0.15, -0.1) is 0 Å². The van der Waals surface area contributed by atoms with Crippen molar-refractivity contribution in [3.8, 4) is 11.3 Å². The van der Waals surface area contributed by atoms with Crippen molar-refractivity contribution in [3.05, 3.63) is 66.6 Å². The second kappa shape index (κ2) is 15.6. The van der Waals surface area contributed by atoms with Gasteiger partial charge < -0.3 is 19.9 Å². The average molecular weight is 523 g/mol.